The van der Waals surface area contributed by atoms with Crippen molar-refractivity contribution in [3.8, 4) is 45.1 Å². The number of ether oxygens (including phenoxy) is 2. The lowest BCUT2D eigenvalue weighted by Gasteiger charge is -2.22. The van der Waals surface area contributed by atoms with E-state index in [0.29, 0.717) is 0 Å². The van der Waals surface area contributed by atoms with Crippen LogP contribution < -0.4 is 9.47 Å². The Morgan fingerprint density at radius 1 is 0.661 bits per heavy atom. The van der Waals surface area contributed by atoms with Crippen molar-refractivity contribution in [3.63, 3.8) is 0 Å². The smallest absolute Gasteiger partial charge is 0.119 e. The van der Waals surface area contributed by atoms with Crippen molar-refractivity contribution in [2.24, 2.45) is 0 Å². The second-order valence-corrected chi connectivity index (χ2v) is 16.6. The van der Waals surface area contributed by atoms with Crippen molar-refractivity contribution >= 4 is 44.4 Å². The molecule has 9 aromatic rings. The molecule has 0 aliphatic heterocycles. The summed E-state index contributed by atoms with van der Waals surface area (Å²) in [6, 6.07) is 39.3. The summed E-state index contributed by atoms with van der Waals surface area (Å²) in [7, 11) is 3.44. The van der Waals surface area contributed by atoms with Gasteiger partial charge in [0.05, 0.1) is 60.2 Å². The summed E-state index contributed by atoms with van der Waals surface area (Å²) in [5, 5.41) is 3.70. The van der Waals surface area contributed by atoms with Crippen LogP contribution in [0.3, 0.4) is 0 Å². The van der Waals surface area contributed by atoms with Crippen LogP contribution in [0.4, 0.5) is 0 Å². The van der Waals surface area contributed by atoms with Crippen LogP contribution in [0, 0.1) is 13.8 Å². The number of methoxy groups -OCH3 is 2. The highest BCUT2D eigenvalue weighted by Gasteiger charge is 2.26. The molecule has 0 radical (unpaired) electrons. The van der Waals surface area contributed by atoms with Gasteiger partial charge in [0.15, 0.2) is 0 Å². The molecule has 0 saturated carbocycles. The van der Waals surface area contributed by atoms with Gasteiger partial charge in [-0.1, -0.05) is 80.1 Å². The third-order valence-corrected chi connectivity index (χ3v) is 12.8. The van der Waals surface area contributed by atoms with Crippen LogP contribution in [0.25, 0.3) is 78.0 Å². The van der Waals surface area contributed by atoms with Crippen LogP contribution in [-0.4, -0.2) is 33.3 Å². The monoisotopic (exact) mass is 810 g/mol. The van der Waals surface area contributed by atoms with E-state index in [-0.39, 0.29) is 0 Å². The minimum absolute atomic E-state index is 0.843. The van der Waals surface area contributed by atoms with Crippen LogP contribution in [-0.2, 0) is 12.8 Å². The van der Waals surface area contributed by atoms with Crippen molar-refractivity contribution in [2.45, 2.75) is 52.9 Å². The molecule has 0 bridgehead atoms. The molecule has 0 N–H and O–H groups in total. The molecule has 1 aliphatic rings. The van der Waals surface area contributed by atoms with Gasteiger partial charge in [0.25, 0.3) is 0 Å². The average molecular weight is 811 g/mol. The maximum Gasteiger partial charge on any atom is 0.119 e. The van der Waals surface area contributed by atoms with Gasteiger partial charge in [-0.3, -0.25) is 9.97 Å². The predicted octanol–water partition coefficient (Wildman–Crippen LogP) is 13.9. The number of hydrogen-bond donors (Lipinski definition) is 0. The molecule has 10 rings (SSSR count). The van der Waals surface area contributed by atoms with Gasteiger partial charge < -0.3 is 18.6 Å². The quantitative estimate of drug-likeness (QED) is 0.138. The Bertz CT molecular complexity index is 3250. The maximum atomic E-state index is 5.64. The largest absolute Gasteiger partial charge is 0.497 e. The Morgan fingerprint density at radius 2 is 1.26 bits per heavy atom. The van der Waals surface area contributed by atoms with E-state index in [0.717, 1.165) is 94.0 Å². The maximum absolute atomic E-state index is 5.64. The molecule has 6 nitrogen and oxygen atoms in total. The summed E-state index contributed by atoms with van der Waals surface area (Å²) in [4.78, 5) is 9.25. The molecule has 0 unspecified atom stereocenters. The molecular formula is C56H50N4O2. The van der Waals surface area contributed by atoms with E-state index in [4.69, 9.17) is 16.1 Å². The normalized spacial score (nSPS) is 13.3. The zero-order valence-electron chi connectivity index (χ0n) is 36.1. The fourth-order valence-corrected chi connectivity index (χ4v) is 9.68. The molecule has 0 atom stereocenters. The molecule has 5 aromatic carbocycles. The molecule has 6 heteroatoms. The summed E-state index contributed by atoms with van der Waals surface area (Å²) in [5.74, 6) is 1.69. The molecule has 0 spiro atoms. The Labute approximate surface area is 363 Å². The van der Waals surface area contributed by atoms with E-state index < -0.39 is 0 Å². The fourth-order valence-electron chi connectivity index (χ4n) is 9.68. The lowest BCUT2D eigenvalue weighted by Crippen LogP contribution is -2.09. The first-order valence-corrected chi connectivity index (χ1v) is 21.6. The van der Waals surface area contributed by atoms with Crippen molar-refractivity contribution in [2.75, 3.05) is 14.2 Å². The van der Waals surface area contributed by atoms with Crippen LogP contribution in [0.1, 0.15) is 59.7 Å². The Morgan fingerprint density at radius 3 is 1.87 bits per heavy atom. The molecule has 62 heavy (non-hydrogen) atoms. The number of benzene rings is 5. The van der Waals surface area contributed by atoms with Crippen LogP contribution >= 0.6 is 0 Å². The number of fused-ring (bicyclic) bond motifs is 6. The Balaban J connectivity index is 1.16. The van der Waals surface area contributed by atoms with Gasteiger partial charge >= 0.3 is 0 Å². The average Bonchev–Trinajstić information content (AvgIpc) is 3.81. The number of pyridine rings is 2. The highest BCUT2D eigenvalue weighted by Crippen LogP contribution is 2.43. The van der Waals surface area contributed by atoms with Crippen molar-refractivity contribution in [1.82, 2.24) is 19.1 Å². The fraction of sp³-hybridized carbons (Fsp3) is 0.179. The first-order valence-electron chi connectivity index (χ1n) is 21.6. The SMILES string of the molecule is C=C(CCC)c1c(/C=C2/CCc3c(ccc4c5cc(-c6cccc(OC)c6)ccc5n(-c5cnccc5C)c34)C2)c2cc(-c3cccc(OC)c3)ccc2n1-c1cnccc1C. The zero-order chi connectivity index (χ0) is 42.5. The van der Waals surface area contributed by atoms with Crippen molar-refractivity contribution < 1.29 is 9.47 Å². The molecule has 4 aromatic heterocycles. The van der Waals surface area contributed by atoms with Gasteiger partial charge in [0, 0.05) is 34.1 Å². The van der Waals surface area contributed by atoms with E-state index in [2.05, 4.69) is 143 Å². The standard InChI is InChI=1S/C56H50N4O2/c1-7-10-37(4)55-50(49-32-42(40-12-9-14-45(30-40)62-6)18-22-52(49)59(55)53-33-57-25-23-35(53)2)28-38-15-19-46-43(27-38)16-20-47-48-31-41(39-11-8-13-44(29-39)61-5)17-21-51(48)60(56(46)47)54-34-58-26-24-36(54)3/h8-9,11-14,16-18,20-26,28-34H,4,7,10,15,19,27H2,1-3,5-6H3/b38-28-. The third-order valence-electron chi connectivity index (χ3n) is 12.8. The molecule has 0 amide bonds. The van der Waals surface area contributed by atoms with Crippen LogP contribution in [0.15, 0.2) is 146 Å². The van der Waals surface area contributed by atoms with E-state index in [9.17, 15) is 0 Å². The van der Waals surface area contributed by atoms with E-state index >= 15 is 0 Å². The predicted molar refractivity (Wildman–Crippen MR) is 257 cm³/mol. The Kier molecular flexibility index (Phi) is 10.1. The first kappa shape index (κ1) is 39.0. The third kappa shape index (κ3) is 6.67. The topological polar surface area (TPSA) is 54.1 Å². The van der Waals surface area contributed by atoms with Crippen molar-refractivity contribution in [3.05, 3.63) is 180 Å². The highest BCUT2D eigenvalue weighted by molar-refractivity contribution is 6.12. The molecule has 0 fully saturated rings. The number of aryl methyl sites for hydroxylation is 3. The van der Waals surface area contributed by atoms with Gasteiger partial charge in [-0.15, -0.1) is 0 Å². The summed E-state index contributed by atoms with van der Waals surface area (Å²) < 4.78 is 16.1. The van der Waals surface area contributed by atoms with Gasteiger partial charge in [0.1, 0.15) is 11.5 Å². The number of allylic oxidation sites excluding steroid dienone is 2. The highest BCUT2D eigenvalue weighted by atomic mass is 16.5. The zero-order valence-corrected chi connectivity index (χ0v) is 36.1. The van der Waals surface area contributed by atoms with Crippen molar-refractivity contribution in [1.29, 1.82) is 0 Å². The molecule has 1 aliphatic carbocycles. The van der Waals surface area contributed by atoms with Gasteiger partial charge in [-0.05, 0) is 150 Å². The minimum Gasteiger partial charge on any atom is -0.497 e. The summed E-state index contributed by atoms with van der Waals surface area (Å²) in [6.07, 6.45) is 14.9. The molecular weight excluding hydrogens is 761 g/mol. The lowest BCUT2D eigenvalue weighted by molar-refractivity contribution is 0.415. The summed E-state index contributed by atoms with van der Waals surface area (Å²) >= 11 is 0. The molecule has 4 heterocycles. The van der Waals surface area contributed by atoms with Crippen LogP contribution in [0.5, 0.6) is 11.5 Å². The first-order chi connectivity index (χ1) is 30.3. The second kappa shape index (κ2) is 16.0. The number of hydrogen-bond acceptors (Lipinski definition) is 4. The number of nitrogens with zero attached hydrogens (tertiary/aromatic N) is 4. The Hall–Kier alpha value is -7.18. The lowest BCUT2D eigenvalue weighted by atomic mass is 9.85. The molecule has 306 valence electrons. The van der Waals surface area contributed by atoms with Crippen LogP contribution in [0.2, 0.25) is 0 Å². The molecule has 0 saturated heterocycles. The summed E-state index contributed by atoms with van der Waals surface area (Å²) in [6.45, 7) is 11.3. The van der Waals surface area contributed by atoms with E-state index in [1.165, 1.54) is 60.6 Å². The second-order valence-electron chi connectivity index (χ2n) is 16.6. The van der Waals surface area contributed by atoms with Gasteiger partial charge in [-0.25, -0.2) is 0 Å². The van der Waals surface area contributed by atoms with E-state index in [1.807, 2.05) is 36.9 Å². The summed E-state index contributed by atoms with van der Waals surface area (Å²) in [5.41, 5.74) is 20.4. The minimum atomic E-state index is 0.843. The van der Waals surface area contributed by atoms with Gasteiger partial charge in [0.2, 0.25) is 0 Å². The van der Waals surface area contributed by atoms with Gasteiger partial charge in [-0.2, -0.15) is 0 Å². The number of rotatable bonds is 10. The number of aromatic nitrogens is 4. The van der Waals surface area contributed by atoms with E-state index in [1.54, 1.807) is 14.2 Å².